The fourth-order valence-corrected chi connectivity index (χ4v) is 1.93. The molecule has 1 aromatic heterocycles. The van der Waals surface area contributed by atoms with E-state index < -0.39 is 11.7 Å². The monoisotopic (exact) mass is 368 g/mol. The van der Waals surface area contributed by atoms with Crippen molar-refractivity contribution in [1.29, 1.82) is 0 Å². The number of aliphatic imine (C=N–C) groups is 1. The molecule has 26 heavy (non-hydrogen) atoms. The van der Waals surface area contributed by atoms with Gasteiger partial charge < -0.3 is 29.8 Å². The fourth-order valence-electron chi connectivity index (χ4n) is 1.93. The zero-order valence-corrected chi connectivity index (χ0v) is 16.3. The molecule has 0 saturated heterocycles. The minimum absolute atomic E-state index is 0.421. The summed E-state index contributed by atoms with van der Waals surface area (Å²) in [6, 6.07) is 3.73. The molecule has 0 saturated carbocycles. The van der Waals surface area contributed by atoms with Gasteiger partial charge in [0.25, 0.3) is 0 Å². The van der Waals surface area contributed by atoms with E-state index in [2.05, 4.69) is 20.9 Å². The summed E-state index contributed by atoms with van der Waals surface area (Å²) >= 11 is 0. The molecule has 148 valence electrons. The number of amides is 1. The first-order chi connectivity index (χ1) is 12.4. The molecule has 0 radical (unpaired) electrons. The van der Waals surface area contributed by atoms with Crippen LogP contribution < -0.4 is 16.0 Å². The van der Waals surface area contributed by atoms with Crippen molar-refractivity contribution < 1.29 is 18.7 Å². The highest BCUT2D eigenvalue weighted by Crippen LogP contribution is 2.06. The lowest BCUT2D eigenvalue weighted by Gasteiger charge is -2.19. The SMILES string of the molecule is CCNC(=NCCCOCc1ccco1)NCCNC(=O)OC(C)(C)C. The number of hydrogen-bond donors (Lipinski definition) is 3. The lowest BCUT2D eigenvalue weighted by molar-refractivity contribution is 0.0529. The van der Waals surface area contributed by atoms with E-state index in [0.29, 0.717) is 38.8 Å². The molecule has 1 aromatic rings. The van der Waals surface area contributed by atoms with E-state index in [1.54, 1.807) is 6.26 Å². The molecule has 1 amide bonds. The number of rotatable bonds is 10. The average Bonchev–Trinajstić information content (AvgIpc) is 3.06. The minimum atomic E-state index is -0.493. The van der Waals surface area contributed by atoms with Crippen molar-refractivity contribution >= 4 is 12.1 Å². The van der Waals surface area contributed by atoms with Crippen LogP contribution in [0, 0.1) is 0 Å². The van der Waals surface area contributed by atoms with Crippen LogP contribution in [0.4, 0.5) is 4.79 Å². The summed E-state index contributed by atoms with van der Waals surface area (Å²) in [4.78, 5) is 16.0. The average molecular weight is 368 g/mol. The Labute approximate surface area is 155 Å². The van der Waals surface area contributed by atoms with Gasteiger partial charge in [0, 0.05) is 32.8 Å². The molecule has 0 atom stereocenters. The number of alkyl carbamates (subject to hydrolysis) is 1. The molecule has 0 bridgehead atoms. The molecule has 0 aliphatic heterocycles. The maximum atomic E-state index is 11.6. The predicted molar refractivity (Wildman–Crippen MR) is 101 cm³/mol. The van der Waals surface area contributed by atoms with Crippen molar-refractivity contribution in [2.45, 2.75) is 46.3 Å². The van der Waals surface area contributed by atoms with Crippen molar-refractivity contribution in [3.63, 3.8) is 0 Å². The third-order valence-electron chi connectivity index (χ3n) is 2.97. The standard InChI is InChI=1S/C18H32N4O4/c1-5-19-16(21-10-11-22-17(23)26-18(2,3)4)20-9-7-12-24-14-15-8-6-13-25-15/h6,8,13H,5,7,9-12,14H2,1-4H3,(H,22,23)(H2,19,20,21). The van der Waals surface area contributed by atoms with E-state index >= 15 is 0 Å². The first-order valence-electron chi connectivity index (χ1n) is 9.00. The molecule has 0 aromatic carbocycles. The van der Waals surface area contributed by atoms with Crippen LogP contribution in [0.3, 0.4) is 0 Å². The van der Waals surface area contributed by atoms with Crippen LogP contribution in [-0.2, 0) is 16.1 Å². The van der Waals surface area contributed by atoms with Crippen LogP contribution in [0.1, 0.15) is 39.9 Å². The lowest BCUT2D eigenvalue weighted by Crippen LogP contribution is -2.42. The van der Waals surface area contributed by atoms with Gasteiger partial charge in [-0.15, -0.1) is 0 Å². The van der Waals surface area contributed by atoms with Gasteiger partial charge in [0.05, 0.1) is 6.26 Å². The normalized spacial score (nSPS) is 11.9. The highest BCUT2D eigenvalue weighted by molar-refractivity contribution is 5.79. The lowest BCUT2D eigenvalue weighted by atomic mass is 10.2. The minimum Gasteiger partial charge on any atom is -0.467 e. The summed E-state index contributed by atoms with van der Waals surface area (Å²) in [5.74, 6) is 1.53. The van der Waals surface area contributed by atoms with Gasteiger partial charge in [0.2, 0.25) is 0 Å². The smallest absolute Gasteiger partial charge is 0.407 e. The molecule has 0 unspecified atom stereocenters. The first kappa shape index (κ1) is 21.8. The van der Waals surface area contributed by atoms with Crippen molar-refractivity contribution in [2.24, 2.45) is 4.99 Å². The second-order valence-corrected chi connectivity index (χ2v) is 6.60. The second-order valence-electron chi connectivity index (χ2n) is 6.60. The number of nitrogens with zero attached hydrogens (tertiary/aromatic N) is 1. The summed E-state index contributed by atoms with van der Waals surface area (Å²) in [5.41, 5.74) is -0.493. The molecule has 0 aliphatic carbocycles. The molecule has 8 heteroatoms. The first-order valence-corrected chi connectivity index (χ1v) is 9.00. The van der Waals surface area contributed by atoms with E-state index in [1.165, 1.54) is 0 Å². The Hall–Kier alpha value is -2.22. The summed E-state index contributed by atoms with van der Waals surface area (Å²) in [6.45, 7) is 11.0. The maximum Gasteiger partial charge on any atom is 0.407 e. The Morgan fingerprint density at radius 3 is 2.65 bits per heavy atom. The Morgan fingerprint density at radius 1 is 1.23 bits per heavy atom. The molecule has 8 nitrogen and oxygen atoms in total. The van der Waals surface area contributed by atoms with Gasteiger partial charge in [0.15, 0.2) is 5.96 Å². The van der Waals surface area contributed by atoms with E-state index in [1.807, 2.05) is 39.8 Å². The van der Waals surface area contributed by atoms with Crippen molar-refractivity contribution in [2.75, 3.05) is 32.8 Å². The van der Waals surface area contributed by atoms with Crippen LogP contribution >= 0.6 is 0 Å². The Kier molecular flexibility index (Phi) is 10.2. The number of guanidine groups is 1. The van der Waals surface area contributed by atoms with E-state index in [9.17, 15) is 4.79 Å². The van der Waals surface area contributed by atoms with Gasteiger partial charge in [-0.05, 0) is 46.2 Å². The number of hydrogen-bond acceptors (Lipinski definition) is 5. The second kappa shape index (κ2) is 12.2. The molecular formula is C18H32N4O4. The summed E-state index contributed by atoms with van der Waals surface area (Å²) < 4.78 is 15.9. The zero-order valence-electron chi connectivity index (χ0n) is 16.3. The van der Waals surface area contributed by atoms with Gasteiger partial charge in [-0.1, -0.05) is 0 Å². The molecule has 1 heterocycles. The van der Waals surface area contributed by atoms with Crippen LogP contribution in [0.25, 0.3) is 0 Å². The number of carbonyl (C=O) groups is 1. The van der Waals surface area contributed by atoms with Crippen LogP contribution in [0.5, 0.6) is 0 Å². The molecular weight excluding hydrogens is 336 g/mol. The van der Waals surface area contributed by atoms with E-state index in [0.717, 1.165) is 18.7 Å². The molecule has 0 spiro atoms. The van der Waals surface area contributed by atoms with E-state index in [-0.39, 0.29) is 0 Å². The van der Waals surface area contributed by atoms with Gasteiger partial charge in [0.1, 0.15) is 18.0 Å². The number of carbonyl (C=O) groups excluding carboxylic acids is 1. The summed E-state index contributed by atoms with van der Waals surface area (Å²) in [6.07, 6.45) is 2.03. The van der Waals surface area contributed by atoms with Gasteiger partial charge in [-0.2, -0.15) is 0 Å². The Morgan fingerprint density at radius 2 is 2.00 bits per heavy atom. The molecule has 0 aliphatic rings. The van der Waals surface area contributed by atoms with Gasteiger partial charge >= 0.3 is 6.09 Å². The highest BCUT2D eigenvalue weighted by atomic mass is 16.6. The zero-order chi connectivity index (χ0) is 19.3. The third kappa shape index (κ3) is 11.4. The third-order valence-corrected chi connectivity index (χ3v) is 2.97. The molecule has 3 N–H and O–H groups in total. The van der Waals surface area contributed by atoms with Crippen molar-refractivity contribution in [1.82, 2.24) is 16.0 Å². The number of ether oxygens (including phenoxy) is 2. The van der Waals surface area contributed by atoms with E-state index in [4.69, 9.17) is 13.9 Å². The largest absolute Gasteiger partial charge is 0.467 e. The predicted octanol–water partition coefficient (Wildman–Crippen LogP) is 2.27. The summed E-state index contributed by atoms with van der Waals surface area (Å²) in [5, 5.41) is 9.03. The topological polar surface area (TPSA) is 97.1 Å². The summed E-state index contributed by atoms with van der Waals surface area (Å²) in [7, 11) is 0. The maximum absolute atomic E-state index is 11.6. The molecule has 0 fully saturated rings. The van der Waals surface area contributed by atoms with Crippen molar-refractivity contribution in [3.8, 4) is 0 Å². The quantitative estimate of drug-likeness (QED) is 0.333. The van der Waals surface area contributed by atoms with Crippen LogP contribution in [0.15, 0.2) is 27.8 Å². The fraction of sp³-hybridized carbons (Fsp3) is 0.667. The Bertz CT molecular complexity index is 524. The van der Waals surface area contributed by atoms with Gasteiger partial charge in [-0.25, -0.2) is 4.79 Å². The van der Waals surface area contributed by atoms with Crippen molar-refractivity contribution in [3.05, 3.63) is 24.2 Å². The highest BCUT2D eigenvalue weighted by Gasteiger charge is 2.15. The molecule has 1 rings (SSSR count). The number of nitrogens with one attached hydrogen (secondary N) is 3. The van der Waals surface area contributed by atoms with Crippen LogP contribution in [-0.4, -0.2) is 50.4 Å². The number of furan rings is 1. The van der Waals surface area contributed by atoms with Gasteiger partial charge in [-0.3, -0.25) is 4.99 Å². The Balaban J connectivity index is 2.14. The van der Waals surface area contributed by atoms with Crippen LogP contribution in [0.2, 0.25) is 0 Å².